The van der Waals surface area contributed by atoms with E-state index < -0.39 is 0 Å². The summed E-state index contributed by atoms with van der Waals surface area (Å²) in [7, 11) is 0. The number of hydrogen-bond donors (Lipinski definition) is 2. The topological polar surface area (TPSA) is 63.8 Å². The minimum Gasteiger partial charge on any atom is -0.389 e. The molecule has 3 N–H and O–H groups in total. The summed E-state index contributed by atoms with van der Waals surface area (Å²) >= 11 is 6.49. The Morgan fingerprint density at radius 2 is 2.38 bits per heavy atom. The third-order valence-corrected chi connectivity index (χ3v) is 3.04. The molecule has 0 saturated carbocycles. The molecular weight excluding hydrogens is 240 g/mol. The Kier molecular flexibility index (Phi) is 3.12. The predicted molar refractivity (Wildman–Crippen MR) is 70.3 cm³/mol. The second-order valence-corrected chi connectivity index (χ2v) is 4.50. The van der Waals surface area contributed by atoms with Crippen molar-refractivity contribution in [3.05, 3.63) is 35.1 Å². The van der Waals surface area contributed by atoms with Crippen LogP contribution in [0.4, 0.5) is 10.8 Å². The number of thiocarbonyl (C=S) groups is 1. The first-order chi connectivity index (χ1) is 7.66. The molecule has 0 spiro atoms. The fourth-order valence-electron chi connectivity index (χ4n) is 1.24. The second kappa shape index (κ2) is 4.54. The lowest BCUT2D eigenvalue weighted by Gasteiger charge is -2.07. The van der Waals surface area contributed by atoms with Crippen molar-refractivity contribution in [2.45, 2.75) is 6.92 Å². The molecule has 0 amide bonds. The Bertz CT molecular complexity index is 521. The van der Waals surface area contributed by atoms with Crippen LogP contribution in [0, 0.1) is 6.92 Å². The number of pyridine rings is 1. The van der Waals surface area contributed by atoms with Gasteiger partial charge in [-0.05, 0) is 13.0 Å². The maximum absolute atomic E-state index is 5.62. The van der Waals surface area contributed by atoms with Crippen LogP contribution in [0.3, 0.4) is 0 Å². The number of rotatable bonds is 3. The van der Waals surface area contributed by atoms with Crippen molar-refractivity contribution >= 4 is 39.4 Å². The third-order valence-electron chi connectivity index (χ3n) is 1.95. The van der Waals surface area contributed by atoms with Gasteiger partial charge in [0.1, 0.15) is 4.99 Å². The third kappa shape index (κ3) is 2.34. The van der Waals surface area contributed by atoms with Gasteiger partial charge in [0.25, 0.3) is 0 Å². The maximum atomic E-state index is 5.62. The number of nitrogens with two attached hydrogens (primary N) is 1. The zero-order valence-corrected chi connectivity index (χ0v) is 10.2. The SMILES string of the molecule is Cc1csc(Nc2cnccc2C(N)=S)n1. The highest BCUT2D eigenvalue weighted by Gasteiger charge is 2.06. The Hall–Kier alpha value is -1.53. The predicted octanol–water partition coefficient (Wildman–Crippen LogP) is 2.22. The maximum Gasteiger partial charge on any atom is 0.187 e. The molecule has 0 aliphatic carbocycles. The van der Waals surface area contributed by atoms with E-state index in [9.17, 15) is 0 Å². The fourth-order valence-corrected chi connectivity index (χ4v) is 2.11. The molecule has 2 heterocycles. The van der Waals surface area contributed by atoms with Crippen LogP contribution in [0.1, 0.15) is 11.3 Å². The Morgan fingerprint density at radius 1 is 1.56 bits per heavy atom. The molecule has 6 heteroatoms. The van der Waals surface area contributed by atoms with Gasteiger partial charge < -0.3 is 11.1 Å². The van der Waals surface area contributed by atoms with E-state index >= 15 is 0 Å². The first-order valence-corrected chi connectivity index (χ1v) is 5.88. The average Bonchev–Trinajstić information content (AvgIpc) is 2.64. The lowest BCUT2D eigenvalue weighted by Crippen LogP contribution is -2.12. The Labute approximate surface area is 103 Å². The van der Waals surface area contributed by atoms with Crippen molar-refractivity contribution in [1.82, 2.24) is 9.97 Å². The molecule has 2 aromatic heterocycles. The number of nitrogens with one attached hydrogen (secondary N) is 1. The van der Waals surface area contributed by atoms with Gasteiger partial charge in [0, 0.05) is 17.1 Å². The molecule has 0 unspecified atom stereocenters. The van der Waals surface area contributed by atoms with Crippen LogP contribution >= 0.6 is 23.6 Å². The van der Waals surface area contributed by atoms with E-state index in [4.69, 9.17) is 18.0 Å². The first-order valence-electron chi connectivity index (χ1n) is 4.60. The monoisotopic (exact) mass is 250 g/mol. The van der Waals surface area contributed by atoms with E-state index in [2.05, 4.69) is 15.3 Å². The summed E-state index contributed by atoms with van der Waals surface area (Å²) in [6.07, 6.45) is 3.35. The smallest absolute Gasteiger partial charge is 0.187 e. The number of anilines is 2. The van der Waals surface area contributed by atoms with Crippen molar-refractivity contribution in [3.63, 3.8) is 0 Å². The minimum atomic E-state index is 0.346. The normalized spacial score (nSPS) is 10.1. The van der Waals surface area contributed by atoms with Gasteiger partial charge in [0.05, 0.1) is 17.6 Å². The number of hydrogen-bond acceptors (Lipinski definition) is 5. The van der Waals surface area contributed by atoms with Crippen LogP contribution in [0.5, 0.6) is 0 Å². The van der Waals surface area contributed by atoms with Crippen LogP contribution in [0.15, 0.2) is 23.8 Å². The van der Waals surface area contributed by atoms with Crippen LogP contribution < -0.4 is 11.1 Å². The standard InChI is InChI=1S/C10H10N4S2/c1-6-5-16-10(13-6)14-8-4-12-3-2-7(8)9(11)15/h2-5H,1H3,(H2,11,15)(H,13,14). The van der Waals surface area contributed by atoms with Crippen molar-refractivity contribution in [3.8, 4) is 0 Å². The van der Waals surface area contributed by atoms with Crippen LogP contribution in [0.25, 0.3) is 0 Å². The lowest BCUT2D eigenvalue weighted by molar-refractivity contribution is 1.25. The quantitative estimate of drug-likeness (QED) is 0.818. The average molecular weight is 250 g/mol. The van der Waals surface area contributed by atoms with Gasteiger partial charge in [-0.2, -0.15) is 0 Å². The van der Waals surface area contributed by atoms with Crippen LogP contribution in [0.2, 0.25) is 0 Å². The largest absolute Gasteiger partial charge is 0.389 e. The van der Waals surface area contributed by atoms with Crippen LogP contribution in [-0.2, 0) is 0 Å². The van der Waals surface area contributed by atoms with Gasteiger partial charge in [-0.15, -0.1) is 11.3 Å². The van der Waals surface area contributed by atoms with Gasteiger partial charge in [0.2, 0.25) is 0 Å². The van der Waals surface area contributed by atoms with E-state index in [1.54, 1.807) is 18.5 Å². The molecule has 0 aliphatic rings. The molecule has 0 saturated heterocycles. The van der Waals surface area contributed by atoms with Crippen molar-refractivity contribution in [2.24, 2.45) is 5.73 Å². The molecule has 0 bridgehead atoms. The van der Waals surface area contributed by atoms with Crippen molar-refractivity contribution in [1.29, 1.82) is 0 Å². The van der Waals surface area contributed by atoms with Gasteiger partial charge in [0.15, 0.2) is 5.13 Å². The molecule has 16 heavy (non-hydrogen) atoms. The van der Waals surface area contributed by atoms with E-state index in [-0.39, 0.29) is 0 Å². The van der Waals surface area contributed by atoms with E-state index in [1.165, 1.54) is 11.3 Å². The van der Waals surface area contributed by atoms with Crippen LogP contribution in [-0.4, -0.2) is 15.0 Å². The summed E-state index contributed by atoms with van der Waals surface area (Å²) in [5, 5.41) is 5.93. The fraction of sp³-hybridized carbons (Fsp3) is 0.100. The number of aryl methyl sites for hydroxylation is 1. The number of nitrogens with zero attached hydrogens (tertiary/aromatic N) is 2. The molecule has 0 aromatic carbocycles. The molecule has 4 nitrogen and oxygen atoms in total. The Balaban J connectivity index is 2.31. The van der Waals surface area contributed by atoms with Crippen molar-refractivity contribution in [2.75, 3.05) is 5.32 Å². The van der Waals surface area contributed by atoms with E-state index in [0.29, 0.717) is 4.99 Å². The molecule has 0 fully saturated rings. The molecule has 0 radical (unpaired) electrons. The highest BCUT2D eigenvalue weighted by molar-refractivity contribution is 7.80. The zero-order valence-electron chi connectivity index (χ0n) is 8.60. The summed E-state index contributed by atoms with van der Waals surface area (Å²) in [6, 6.07) is 1.78. The van der Waals surface area contributed by atoms with Gasteiger partial charge >= 0.3 is 0 Å². The van der Waals surface area contributed by atoms with Gasteiger partial charge in [-0.3, -0.25) is 4.98 Å². The van der Waals surface area contributed by atoms with E-state index in [1.807, 2.05) is 12.3 Å². The highest BCUT2D eigenvalue weighted by atomic mass is 32.1. The summed E-state index contributed by atoms with van der Waals surface area (Å²) in [4.78, 5) is 8.68. The highest BCUT2D eigenvalue weighted by Crippen LogP contribution is 2.22. The van der Waals surface area contributed by atoms with E-state index in [0.717, 1.165) is 22.1 Å². The molecule has 0 atom stereocenters. The minimum absolute atomic E-state index is 0.346. The van der Waals surface area contributed by atoms with Crippen molar-refractivity contribution < 1.29 is 0 Å². The number of aromatic nitrogens is 2. The molecule has 82 valence electrons. The summed E-state index contributed by atoms with van der Waals surface area (Å²) < 4.78 is 0. The molecule has 2 aromatic rings. The summed E-state index contributed by atoms with van der Waals surface area (Å²) in [5.41, 5.74) is 8.16. The summed E-state index contributed by atoms with van der Waals surface area (Å²) in [6.45, 7) is 1.94. The van der Waals surface area contributed by atoms with Gasteiger partial charge in [-0.25, -0.2) is 4.98 Å². The molecule has 2 rings (SSSR count). The molecule has 0 aliphatic heterocycles. The Morgan fingerprint density at radius 3 is 3.00 bits per heavy atom. The second-order valence-electron chi connectivity index (χ2n) is 3.20. The zero-order chi connectivity index (χ0) is 11.5. The first kappa shape index (κ1) is 11.0. The molecular formula is C10H10N4S2. The van der Waals surface area contributed by atoms with Gasteiger partial charge in [-0.1, -0.05) is 12.2 Å². The number of thiazole rings is 1. The lowest BCUT2D eigenvalue weighted by atomic mass is 10.2. The summed E-state index contributed by atoms with van der Waals surface area (Å²) in [5.74, 6) is 0.